The Labute approximate surface area is 190 Å². The van der Waals surface area contributed by atoms with Crippen LogP contribution in [0.5, 0.6) is 0 Å². The Morgan fingerprint density at radius 3 is 1.59 bits per heavy atom. The number of nitrogens with zero attached hydrogens (tertiary/aromatic N) is 3. The smallest absolute Gasteiger partial charge is 0.410 e. The lowest BCUT2D eigenvalue weighted by molar-refractivity contribution is -0.113. The number of rotatable bonds is 5. The predicted octanol–water partition coefficient (Wildman–Crippen LogP) is 4.33. The van der Waals surface area contributed by atoms with E-state index >= 15 is 0 Å². The van der Waals surface area contributed by atoms with E-state index in [0.717, 1.165) is 22.5 Å². The maximum atomic E-state index is 13.3. The van der Waals surface area contributed by atoms with Crippen molar-refractivity contribution in [2.45, 2.75) is 6.92 Å². The number of anilines is 2. The van der Waals surface area contributed by atoms with Gasteiger partial charge in [0.05, 0.1) is 19.7 Å². The van der Waals surface area contributed by atoms with Crippen LogP contribution in [-0.2, 0) is 9.53 Å². The van der Waals surface area contributed by atoms with Crippen LogP contribution in [0.1, 0.15) is 18.1 Å². The van der Waals surface area contributed by atoms with Crippen molar-refractivity contribution in [3.8, 4) is 0 Å². The number of ketones is 1. The topological polar surface area (TPSA) is 53.1 Å². The Balaban J connectivity index is 1.94. The molecule has 0 bridgehead atoms. The maximum Gasteiger partial charge on any atom is 0.410 e. The van der Waals surface area contributed by atoms with E-state index in [4.69, 9.17) is 4.74 Å². The van der Waals surface area contributed by atoms with Gasteiger partial charge >= 0.3 is 6.09 Å². The minimum absolute atomic E-state index is 0.0427. The Morgan fingerprint density at radius 1 is 0.844 bits per heavy atom. The molecule has 0 atom stereocenters. The fourth-order valence-electron chi connectivity index (χ4n) is 3.52. The second-order valence-corrected chi connectivity index (χ2v) is 8.20. The Kier molecular flexibility index (Phi) is 7.36. The number of ether oxygens (including phenoxy) is 1. The number of carbonyl (C=O) groups is 2. The zero-order chi connectivity index (χ0) is 23.3. The largest absolute Gasteiger partial charge is 0.450 e. The van der Waals surface area contributed by atoms with Crippen molar-refractivity contribution in [2.24, 2.45) is 0 Å². The normalized spacial score (nSPS) is 16.4. The lowest BCUT2D eigenvalue weighted by Gasteiger charge is -2.29. The summed E-state index contributed by atoms with van der Waals surface area (Å²) in [5.74, 6) is -0.0427. The number of hydrogen-bond donors (Lipinski definition) is 0. The van der Waals surface area contributed by atoms with E-state index in [1.54, 1.807) is 11.8 Å². The van der Waals surface area contributed by atoms with Crippen molar-refractivity contribution < 1.29 is 14.3 Å². The Morgan fingerprint density at radius 2 is 1.25 bits per heavy atom. The van der Waals surface area contributed by atoms with Gasteiger partial charge in [0.25, 0.3) is 0 Å². The number of hydrogen-bond acceptors (Lipinski definition) is 5. The van der Waals surface area contributed by atoms with Gasteiger partial charge in [-0.3, -0.25) is 9.69 Å². The minimum Gasteiger partial charge on any atom is -0.450 e. The number of likely N-dealkylation sites (tertiary alicyclic amines) is 1. The molecule has 2 aromatic rings. The molecule has 1 aliphatic heterocycles. The van der Waals surface area contributed by atoms with Gasteiger partial charge in [-0.1, -0.05) is 24.3 Å². The van der Waals surface area contributed by atoms with E-state index in [1.165, 1.54) is 0 Å². The lowest BCUT2D eigenvalue weighted by Crippen LogP contribution is -2.41. The van der Waals surface area contributed by atoms with E-state index < -0.39 is 6.09 Å². The highest BCUT2D eigenvalue weighted by Gasteiger charge is 2.29. The van der Waals surface area contributed by atoms with Gasteiger partial charge < -0.3 is 14.5 Å². The minimum atomic E-state index is -0.414. The summed E-state index contributed by atoms with van der Waals surface area (Å²) >= 11 is 0. The summed E-state index contributed by atoms with van der Waals surface area (Å²) in [6.45, 7) is 2.52. The molecule has 6 heteroatoms. The Hall–Kier alpha value is -3.54. The van der Waals surface area contributed by atoms with E-state index in [0.29, 0.717) is 17.8 Å². The number of amides is 1. The van der Waals surface area contributed by atoms with Crippen molar-refractivity contribution >= 4 is 35.4 Å². The standard InChI is InChI=1S/C26H31N3O3/c1-6-32-26(31)29-17-21(15-19-7-11-23(12-8-19)27(2)3)25(30)22(18-29)16-20-9-13-24(14-10-20)28(4)5/h7-16H,6,17-18H2,1-5H3/b21-15-,22-16+. The number of piperidine rings is 1. The molecule has 0 aliphatic carbocycles. The van der Waals surface area contributed by atoms with Crippen LogP contribution in [0.4, 0.5) is 16.2 Å². The molecule has 1 fully saturated rings. The summed E-state index contributed by atoms with van der Waals surface area (Å²) in [6, 6.07) is 15.9. The third-order valence-corrected chi connectivity index (χ3v) is 5.33. The van der Waals surface area contributed by atoms with E-state index in [9.17, 15) is 9.59 Å². The summed E-state index contributed by atoms with van der Waals surface area (Å²) in [5, 5.41) is 0. The summed E-state index contributed by atoms with van der Waals surface area (Å²) < 4.78 is 5.21. The van der Waals surface area contributed by atoms with Crippen LogP contribution >= 0.6 is 0 Å². The van der Waals surface area contributed by atoms with Crippen molar-refractivity contribution in [2.75, 3.05) is 57.7 Å². The maximum absolute atomic E-state index is 13.3. The van der Waals surface area contributed by atoms with Gasteiger partial charge in [0, 0.05) is 50.7 Å². The highest BCUT2D eigenvalue weighted by atomic mass is 16.6. The number of benzene rings is 2. The van der Waals surface area contributed by atoms with Gasteiger partial charge in [0.2, 0.25) is 0 Å². The van der Waals surface area contributed by atoms with Crippen LogP contribution in [-0.4, -0.2) is 64.7 Å². The van der Waals surface area contributed by atoms with Gasteiger partial charge in [0.15, 0.2) is 5.78 Å². The number of carbonyl (C=O) groups excluding carboxylic acids is 2. The molecule has 0 aromatic heterocycles. The van der Waals surface area contributed by atoms with E-state index in [2.05, 4.69) is 0 Å². The molecular formula is C26H31N3O3. The summed E-state index contributed by atoms with van der Waals surface area (Å²) in [7, 11) is 7.93. The third kappa shape index (κ3) is 5.58. The van der Waals surface area contributed by atoms with Crippen molar-refractivity contribution in [1.82, 2.24) is 4.90 Å². The zero-order valence-electron chi connectivity index (χ0n) is 19.5. The molecule has 1 heterocycles. The van der Waals surface area contributed by atoms with E-state index in [-0.39, 0.29) is 18.9 Å². The highest BCUT2D eigenvalue weighted by molar-refractivity contribution is 6.15. The molecule has 0 spiro atoms. The van der Waals surface area contributed by atoms with Crippen molar-refractivity contribution in [3.05, 3.63) is 70.8 Å². The first-order chi connectivity index (χ1) is 15.3. The monoisotopic (exact) mass is 433 g/mol. The number of Topliss-reactive ketones (excluding diaryl/α,β-unsaturated/α-hetero) is 1. The second-order valence-electron chi connectivity index (χ2n) is 8.20. The molecule has 0 unspecified atom stereocenters. The quantitative estimate of drug-likeness (QED) is 0.657. The zero-order valence-corrected chi connectivity index (χ0v) is 19.5. The first kappa shape index (κ1) is 23.1. The molecule has 1 saturated heterocycles. The molecule has 168 valence electrons. The average molecular weight is 434 g/mol. The molecule has 1 aliphatic rings. The second kappa shape index (κ2) is 10.2. The molecule has 3 rings (SSSR count). The van der Waals surface area contributed by atoms with Crippen LogP contribution in [0, 0.1) is 0 Å². The van der Waals surface area contributed by atoms with Gasteiger partial charge in [-0.25, -0.2) is 4.79 Å². The molecule has 32 heavy (non-hydrogen) atoms. The molecule has 0 radical (unpaired) electrons. The molecular weight excluding hydrogens is 402 g/mol. The Bertz CT molecular complexity index is 946. The summed E-state index contributed by atoms with van der Waals surface area (Å²) in [4.78, 5) is 31.4. The van der Waals surface area contributed by atoms with Crippen LogP contribution < -0.4 is 9.80 Å². The fraction of sp³-hybridized carbons (Fsp3) is 0.308. The van der Waals surface area contributed by atoms with Gasteiger partial charge in [-0.05, 0) is 54.5 Å². The first-order valence-electron chi connectivity index (χ1n) is 10.7. The fourth-order valence-corrected chi connectivity index (χ4v) is 3.52. The predicted molar refractivity (Wildman–Crippen MR) is 131 cm³/mol. The van der Waals surface area contributed by atoms with Crippen LogP contribution in [0.3, 0.4) is 0 Å². The van der Waals surface area contributed by atoms with Gasteiger partial charge in [-0.15, -0.1) is 0 Å². The molecule has 6 nitrogen and oxygen atoms in total. The van der Waals surface area contributed by atoms with E-state index in [1.807, 2.05) is 98.7 Å². The van der Waals surface area contributed by atoms with Gasteiger partial charge in [-0.2, -0.15) is 0 Å². The summed E-state index contributed by atoms with van der Waals surface area (Å²) in [5.41, 5.74) is 5.13. The molecule has 0 N–H and O–H groups in total. The third-order valence-electron chi connectivity index (χ3n) is 5.33. The average Bonchev–Trinajstić information content (AvgIpc) is 2.77. The molecule has 0 saturated carbocycles. The van der Waals surface area contributed by atoms with Crippen LogP contribution in [0.15, 0.2) is 59.7 Å². The van der Waals surface area contributed by atoms with Crippen molar-refractivity contribution in [1.29, 1.82) is 0 Å². The van der Waals surface area contributed by atoms with Crippen LogP contribution in [0.25, 0.3) is 12.2 Å². The molecule has 1 amide bonds. The SMILES string of the molecule is CCOC(=O)N1C/C(=C/c2ccc(N(C)C)cc2)C(=O)/C(=C/c2ccc(N(C)C)cc2)C1. The lowest BCUT2D eigenvalue weighted by atomic mass is 9.94. The van der Waals surface area contributed by atoms with Crippen LogP contribution in [0.2, 0.25) is 0 Å². The first-order valence-corrected chi connectivity index (χ1v) is 10.7. The highest BCUT2D eigenvalue weighted by Crippen LogP contribution is 2.24. The summed E-state index contributed by atoms with van der Waals surface area (Å²) in [6.07, 6.45) is 3.30. The van der Waals surface area contributed by atoms with Crippen molar-refractivity contribution in [3.63, 3.8) is 0 Å². The molecule has 2 aromatic carbocycles. The van der Waals surface area contributed by atoms with Gasteiger partial charge in [0.1, 0.15) is 0 Å².